The van der Waals surface area contributed by atoms with Gasteiger partial charge in [0.1, 0.15) is 17.1 Å². The molecule has 2 aliphatic carbocycles. The molecule has 2 aromatic rings. The van der Waals surface area contributed by atoms with E-state index in [1.165, 1.54) is 0 Å². The number of carbonyl (C=O) groups is 1. The van der Waals surface area contributed by atoms with Crippen LogP contribution in [0.15, 0.2) is 46.7 Å². The molecule has 2 bridgehead atoms. The normalized spacial score (nSPS) is 29.2. The van der Waals surface area contributed by atoms with Crippen LogP contribution in [0.2, 0.25) is 0 Å². The van der Waals surface area contributed by atoms with Crippen molar-refractivity contribution in [1.29, 1.82) is 5.41 Å². The molecule has 1 amide bonds. The summed E-state index contributed by atoms with van der Waals surface area (Å²) in [5, 5.41) is 13.7. The summed E-state index contributed by atoms with van der Waals surface area (Å²) in [6.07, 6.45) is 12.5. The third kappa shape index (κ3) is 3.83. The molecule has 3 N–H and O–H groups in total. The molecule has 0 radical (unpaired) electrons. The van der Waals surface area contributed by atoms with E-state index < -0.39 is 0 Å². The lowest BCUT2D eigenvalue weighted by molar-refractivity contribution is 0.0154. The number of nitrogens with zero attached hydrogens (tertiary/aromatic N) is 3. The van der Waals surface area contributed by atoms with Crippen LogP contribution in [0.5, 0.6) is 5.75 Å². The minimum absolute atomic E-state index is 0.00545. The van der Waals surface area contributed by atoms with Crippen LogP contribution < -0.4 is 15.4 Å². The number of nitrogens with one attached hydrogen (secondary N) is 3. The quantitative estimate of drug-likeness (QED) is 0.532. The smallest absolute Gasteiger partial charge is 0.261 e. The maximum absolute atomic E-state index is 13.5. The fraction of sp³-hybridized carbons (Fsp3) is 0.462. The molecule has 2 saturated carbocycles. The number of amides is 1. The molecule has 0 aromatic carbocycles. The first-order chi connectivity index (χ1) is 16.8. The van der Waals surface area contributed by atoms with Crippen molar-refractivity contribution in [2.45, 2.75) is 63.6 Å². The van der Waals surface area contributed by atoms with Gasteiger partial charge in [-0.2, -0.15) is 0 Å². The molecule has 182 valence electrons. The van der Waals surface area contributed by atoms with E-state index in [2.05, 4.69) is 22.5 Å². The lowest BCUT2D eigenvalue weighted by Crippen LogP contribution is -2.45. The number of aliphatic imine (C=N–C) groups is 1. The monoisotopic (exact) mass is 474 g/mol. The molecule has 5 aliphatic rings. The molecule has 9 nitrogen and oxygen atoms in total. The molecule has 5 heterocycles. The predicted octanol–water partition coefficient (Wildman–Crippen LogP) is 3.46. The Labute approximate surface area is 203 Å². The summed E-state index contributed by atoms with van der Waals surface area (Å²) in [5.41, 5.74) is 3.28. The van der Waals surface area contributed by atoms with Crippen molar-refractivity contribution < 1.29 is 14.3 Å². The second kappa shape index (κ2) is 7.78. The standard InChI is InChI=1S/C26H30N6O3/c1-15-8-28-23(29-9-15)19(7-27)30-24(33)18-10-32-11-21(26-12-25(3,13-26)34-14-26)31-22(32)6-20(18)35-16(2)17-4-5-17/h6-11,16-17,27-28H,4-5,12-14H2,1-3H3,(H,30,33)/b23-19-,27-7?/t16-,25?,26?/m0/s1. The summed E-state index contributed by atoms with van der Waals surface area (Å²) in [7, 11) is 0. The molecule has 1 atom stereocenters. The number of fused-ring (bicyclic) bond motifs is 2. The van der Waals surface area contributed by atoms with Crippen molar-refractivity contribution in [1.82, 2.24) is 20.0 Å². The highest BCUT2D eigenvalue weighted by atomic mass is 16.5. The number of pyridine rings is 1. The summed E-state index contributed by atoms with van der Waals surface area (Å²) in [6, 6.07) is 1.85. The molecular formula is C26H30N6O3. The van der Waals surface area contributed by atoms with Gasteiger partial charge in [-0.15, -0.1) is 0 Å². The number of rotatable bonds is 7. The average molecular weight is 475 g/mol. The molecule has 7 rings (SSSR count). The van der Waals surface area contributed by atoms with Gasteiger partial charge in [0.15, 0.2) is 5.82 Å². The molecule has 3 aliphatic heterocycles. The summed E-state index contributed by atoms with van der Waals surface area (Å²) in [6.45, 7) is 6.79. The van der Waals surface area contributed by atoms with Crippen LogP contribution in [0.4, 0.5) is 0 Å². The van der Waals surface area contributed by atoms with E-state index in [0.29, 0.717) is 29.7 Å². The topological polar surface area (TPSA) is 113 Å². The fourth-order valence-electron chi connectivity index (χ4n) is 5.48. The number of carbonyl (C=O) groups excluding carboxylic acids is 1. The van der Waals surface area contributed by atoms with Gasteiger partial charge in [0.25, 0.3) is 5.91 Å². The van der Waals surface area contributed by atoms with Crippen molar-refractivity contribution in [2.75, 3.05) is 6.61 Å². The Hall–Kier alpha value is -3.46. The Morgan fingerprint density at radius 3 is 2.83 bits per heavy atom. The number of ether oxygens (including phenoxy) is 2. The molecule has 35 heavy (non-hydrogen) atoms. The van der Waals surface area contributed by atoms with Gasteiger partial charge < -0.3 is 29.9 Å². The zero-order valence-electron chi connectivity index (χ0n) is 20.2. The molecule has 0 unspecified atom stereocenters. The maximum Gasteiger partial charge on any atom is 0.261 e. The molecule has 9 heteroatoms. The largest absolute Gasteiger partial charge is 0.489 e. The Bertz CT molecular complexity index is 1330. The van der Waals surface area contributed by atoms with Crippen molar-refractivity contribution >= 4 is 24.0 Å². The van der Waals surface area contributed by atoms with Gasteiger partial charge in [-0.3, -0.25) is 4.79 Å². The van der Waals surface area contributed by atoms with Gasteiger partial charge in [0.2, 0.25) is 0 Å². The van der Waals surface area contributed by atoms with Gasteiger partial charge >= 0.3 is 0 Å². The fourth-order valence-corrected chi connectivity index (χ4v) is 5.48. The highest BCUT2D eigenvalue weighted by Crippen LogP contribution is 2.58. The third-order valence-corrected chi connectivity index (χ3v) is 7.54. The van der Waals surface area contributed by atoms with Crippen molar-refractivity contribution in [3.8, 4) is 5.75 Å². The van der Waals surface area contributed by atoms with Crippen LogP contribution in [0.1, 0.15) is 62.5 Å². The van der Waals surface area contributed by atoms with Gasteiger partial charge in [-0.25, -0.2) is 9.98 Å². The molecule has 0 spiro atoms. The first-order valence-corrected chi connectivity index (χ1v) is 12.1. The number of hydrogen-bond acceptors (Lipinski definition) is 7. The average Bonchev–Trinajstić information content (AvgIpc) is 3.39. The zero-order valence-corrected chi connectivity index (χ0v) is 20.2. The maximum atomic E-state index is 13.5. The summed E-state index contributed by atoms with van der Waals surface area (Å²) >= 11 is 0. The van der Waals surface area contributed by atoms with E-state index in [4.69, 9.17) is 19.9 Å². The van der Waals surface area contributed by atoms with E-state index >= 15 is 0 Å². The van der Waals surface area contributed by atoms with Crippen LogP contribution >= 0.6 is 0 Å². The van der Waals surface area contributed by atoms with Crippen LogP contribution in [0.3, 0.4) is 0 Å². The lowest BCUT2D eigenvalue weighted by Gasteiger charge is -2.41. The number of imidazole rings is 1. The minimum atomic E-state index is -0.368. The van der Waals surface area contributed by atoms with Crippen molar-refractivity contribution in [2.24, 2.45) is 10.9 Å². The molecular weight excluding hydrogens is 444 g/mol. The van der Waals surface area contributed by atoms with Crippen LogP contribution in [-0.2, 0) is 10.2 Å². The van der Waals surface area contributed by atoms with Gasteiger partial charge in [-0.1, -0.05) is 0 Å². The Morgan fingerprint density at radius 2 is 2.20 bits per heavy atom. The molecule has 2 aromatic heterocycles. The van der Waals surface area contributed by atoms with Gasteiger partial charge in [0, 0.05) is 42.5 Å². The van der Waals surface area contributed by atoms with E-state index in [1.807, 2.05) is 30.5 Å². The van der Waals surface area contributed by atoms with Gasteiger partial charge in [-0.05, 0) is 57.9 Å². The first kappa shape index (κ1) is 22.0. The van der Waals surface area contributed by atoms with Crippen LogP contribution in [0, 0.1) is 11.3 Å². The van der Waals surface area contributed by atoms with E-state index in [0.717, 1.165) is 48.8 Å². The van der Waals surface area contributed by atoms with Crippen molar-refractivity contribution in [3.05, 3.63) is 53.0 Å². The number of allylic oxidation sites excluding steroid dienone is 2. The number of aromatic nitrogens is 2. The predicted molar refractivity (Wildman–Crippen MR) is 132 cm³/mol. The highest BCUT2D eigenvalue weighted by Gasteiger charge is 2.61. The minimum Gasteiger partial charge on any atom is -0.489 e. The van der Waals surface area contributed by atoms with Crippen LogP contribution in [0.25, 0.3) is 5.65 Å². The summed E-state index contributed by atoms with van der Waals surface area (Å²) in [4.78, 5) is 22.7. The van der Waals surface area contributed by atoms with E-state index in [1.54, 1.807) is 18.6 Å². The molecule has 2 saturated heterocycles. The van der Waals surface area contributed by atoms with Gasteiger partial charge in [0.05, 0.1) is 29.6 Å². The molecule has 4 fully saturated rings. The second-order valence-electron chi connectivity index (χ2n) is 10.6. The Balaban J connectivity index is 1.35. The number of hydrogen-bond donors (Lipinski definition) is 3. The first-order valence-electron chi connectivity index (χ1n) is 12.1. The SMILES string of the molecule is CC1=CN/C(=C(\C=N)NC(=O)c2cn3cc(C45COC(C)(C4)C5)nc3cc2O[C@@H](C)C2CC2)N=C1. The van der Waals surface area contributed by atoms with Crippen LogP contribution in [-0.4, -0.2) is 46.0 Å². The van der Waals surface area contributed by atoms with E-state index in [9.17, 15) is 4.79 Å². The third-order valence-electron chi connectivity index (χ3n) is 7.54. The second-order valence-corrected chi connectivity index (χ2v) is 10.6. The van der Waals surface area contributed by atoms with Crippen molar-refractivity contribution in [3.63, 3.8) is 0 Å². The zero-order chi connectivity index (χ0) is 24.4. The Morgan fingerprint density at radius 1 is 1.40 bits per heavy atom. The summed E-state index contributed by atoms with van der Waals surface area (Å²) < 4.78 is 14.2. The van der Waals surface area contributed by atoms with E-state index in [-0.39, 0.29) is 28.7 Å². The Kier molecular flexibility index (Phi) is 4.90. The summed E-state index contributed by atoms with van der Waals surface area (Å²) in [5.74, 6) is 1.05. The lowest BCUT2D eigenvalue weighted by atomic mass is 9.62. The highest BCUT2D eigenvalue weighted by molar-refractivity contribution is 6.01.